The lowest BCUT2D eigenvalue weighted by Crippen LogP contribution is -2.48. The van der Waals surface area contributed by atoms with Crippen LogP contribution in [0.4, 0.5) is 5.69 Å². The second-order valence-electron chi connectivity index (χ2n) is 5.65. The fourth-order valence-corrected chi connectivity index (χ4v) is 2.54. The maximum absolute atomic E-state index is 12.2. The van der Waals surface area contributed by atoms with E-state index in [1.165, 1.54) is 0 Å². The van der Waals surface area contributed by atoms with Gasteiger partial charge in [0.25, 0.3) is 0 Å². The number of nitrogens with zero attached hydrogens (tertiary/aromatic N) is 1. The topological polar surface area (TPSA) is 53.6 Å². The van der Waals surface area contributed by atoms with Gasteiger partial charge in [-0.3, -0.25) is 9.69 Å². The van der Waals surface area contributed by atoms with Crippen molar-refractivity contribution in [3.63, 3.8) is 0 Å². The van der Waals surface area contributed by atoms with Crippen molar-refractivity contribution >= 4 is 11.6 Å². The van der Waals surface area contributed by atoms with E-state index in [0.29, 0.717) is 13.2 Å². The van der Waals surface area contributed by atoms with Gasteiger partial charge in [0.05, 0.1) is 19.3 Å². The molecule has 1 aliphatic heterocycles. The van der Waals surface area contributed by atoms with Crippen LogP contribution in [-0.4, -0.2) is 56.7 Å². The highest BCUT2D eigenvalue weighted by Gasteiger charge is 2.21. The average molecular weight is 291 g/mol. The number of rotatable bonds is 5. The second-order valence-corrected chi connectivity index (χ2v) is 5.65. The van der Waals surface area contributed by atoms with Crippen molar-refractivity contribution in [3.8, 4) is 0 Å². The molecule has 5 nitrogen and oxygen atoms in total. The predicted octanol–water partition coefficient (Wildman–Crippen LogP) is 1.16. The van der Waals surface area contributed by atoms with Crippen LogP contribution < -0.4 is 10.6 Å². The van der Waals surface area contributed by atoms with Gasteiger partial charge < -0.3 is 15.4 Å². The van der Waals surface area contributed by atoms with E-state index >= 15 is 0 Å². The largest absolute Gasteiger partial charge is 0.374 e. The summed E-state index contributed by atoms with van der Waals surface area (Å²) in [6.45, 7) is 7.54. The van der Waals surface area contributed by atoms with Gasteiger partial charge in [0.15, 0.2) is 0 Å². The highest BCUT2D eigenvalue weighted by molar-refractivity contribution is 5.93. The van der Waals surface area contributed by atoms with Gasteiger partial charge in [-0.1, -0.05) is 12.1 Å². The molecular weight excluding hydrogens is 266 g/mol. The third-order valence-corrected chi connectivity index (χ3v) is 3.69. The molecule has 21 heavy (non-hydrogen) atoms. The molecule has 1 amide bonds. The van der Waals surface area contributed by atoms with E-state index in [9.17, 15) is 4.79 Å². The van der Waals surface area contributed by atoms with Crippen LogP contribution in [0.3, 0.4) is 0 Å². The van der Waals surface area contributed by atoms with Gasteiger partial charge in [-0.2, -0.15) is 0 Å². The molecule has 0 aromatic heterocycles. The van der Waals surface area contributed by atoms with Crippen LogP contribution in [0.2, 0.25) is 0 Å². The molecule has 0 spiro atoms. The number of ether oxygens (including phenoxy) is 1. The van der Waals surface area contributed by atoms with Crippen LogP contribution in [-0.2, 0) is 9.53 Å². The lowest BCUT2D eigenvalue weighted by molar-refractivity contribution is -0.119. The molecule has 1 saturated heterocycles. The summed E-state index contributed by atoms with van der Waals surface area (Å²) in [6.07, 6.45) is 0.164. The molecule has 5 heteroatoms. The number of carbonyl (C=O) groups excluding carboxylic acids is 1. The number of likely N-dealkylation sites (N-methyl/N-ethyl adjacent to an activating group) is 1. The van der Waals surface area contributed by atoms with Crippen molar-refractivity contribution < 1.29 is 9.53 Å². The first-order chi connectivity index (χ1) is 10.1. The third-order valence-electron chi connectivity index (χ3n) is 3.69. The van der Waals surface area contributed by atoms with Crippen LogP contribution >= 0.6 is 0 Å². The fraction of sp³-hybridized carbons (Fsp3) is 0.562. The van der Waals surface area contributed by atoms with E-state index in [0.717, 1.165) is 36.4 Å². The summed E-state index contributed by atoms with van der Waals surface area (Å²) < 4.78 is 5.65. The van der Waals surface area contributed by atoms with Crippen LogP contribution in [0, 0.1) is 13.8 Å². The molecule has 1 heterocycles. The SMILES string of the molecule is CNCC1CN(CC(=O)Nc2cc(C)ccc2C)CCO1. The zero-order valence-electron chi connectivity index (χ0n) is 13.1. The molecule has 2 N–H and O–H groups in total. The zero-order chi connectivity index (χ0) is 15.2. The summed E-state index contributed by atoms with van der Waals surface area (Å²) in [5, 5.41) is 6.12. The van der Waals surface area contributed by atoms with E-state index in [2.05, 4.69) is 21.6 Å². The quantitative estimate of drug-likeness (QED) is 0.855. The Hall–Kier alpha value is -1.43. The Bertz CT molecular complexity index is 488. The van der Waals surface area contributed by atoms with Gasteiger partial charge in [0.2, 0.25) is 5.91 Å². The zero-order valence-corrected chi connectivity index (χ0v) is 13.1. The van der Waals surface area contributed by atoms with Gasteiger partial charge in [-0.05, 0) is 38.1 Å². The number of anilines is 1. The molecular formula is C16H25N3O2. The van der Waals surface area contributed by atoms with E-state index in [1.807, 2.05) is 33.0 Å². The summed E-state index contributed by atoms with van der Waals surface area (Å²) in [6, 6.07) is 6.09. The molecule has 1 aromatic rings. The molecule has 0 aliphatic carbocycles. The first-order valence-corrected chi connectivity index (χ1v) is 7.44. The Morgan fingerprint density at radius 2 is 2.24 bits per heavy atom. The minimum Gasteiger partial charge on any atom is -0.374 e. The van der Waals surface area contributed by atoms with Crippen molar-refractivity contribution in [1.82, 2.24) is 10.2 Å². The highest BCUT2D eigenvalue weighted by atomic mass is 16.5. The maximum atomic E-state index is 12.2. The molecule has 0 bridgehead atoms. The average Bonchev–Trinajstić information content (AvgIpc) is 2.43. The minimum absolute atomic E-state index is 0.0359. The molecule has 1 fully saturated rings. The van der Waals surface area contributed by atoms with E-state index in [4.69, 9.17) is 4.74 Å². The number of carbonyl (C=O) groups is 1. The fourth-order valence-electron chi connectivity index (χ4n) is 2.54. The predicted molar refractivity (Wildman–Crippen MR) is 84.7 cm³/mol. The van der Waals surface area contributed by atoms with Gasteiger partial charge in [-0.25, -0.2) is 0 Å². The first-order valence-electron chi connectivity index (χ1n) is 7.44. The molecule has 0 saturated carbocycles. The monoisotopic (exact) mass is 291 g/mol. The van der Waals surface area contributed by atoms with Crippen molar-refractivity contribution in [1.29, 1.82) is 0 Å². The Labute approximate surface area is 126 Å². The van der Waals surface area contributed by atoms with E-state index in [1.54, 1.807) is 0 Å². The summed E-state index contributed by atoms with van der Waals surface area (Å²) in [7, 11) is 1.91. The Balaban J connectivity index is 1.88. The Morgan fingerprint density at radius 3 is 3.00 bits per heavy atom. The van der Waals surface area contributed by atoms with Crippen LogP contribution in [0.1, 0.15) is 11.1 Å². The molecule has 0 radical (unpaired) electrons. The summed E-state index contributed by atoms with van der Waals surface area (Å²) in [4.78, 5) is 14.3. The third kappa shape index (κ3) is 4.81. The number of morpholine rings is 1. The maximum Gasteiger partial charge on any atom is 0.238 e. The van der Waals surface area contributed by atoms with Crippen molar-refractivity contribution in [2.45, 2.75) is 20.0 Å². The molecule has 1 aromatic carbocycles. The summed E-state index contributed by atoms with van der Waals surface area (Å²) in [5.41, 5.74) is 3.14. The summed E-state index contributed by atoms with van der Waals surface area (Å²) in [5.74, 6) is 0.0359. The molecule has 116 valence electrons. The summed E-state index contributed by atoms with van der Waals surface area (Å²) >= 11 is 0. The highest BCUT2D eigenvalue weighted by Crippen LogP contribution is 2.16. The number of aryl methyl sites for hydroxylation is 2. The molecule has 1 unspecified atom stereocenters. The normalized spacial score (nSPS) is 19.5. The first kappa shape index (κ1) is 15.9. The molecule has 1 aliphatic rings. The van der Waals surface area contributed by atoms with Crippen molar-refractivity contribution in [2.75, 3.05) is 45.2 Å². The number of benzene rings is 1. The van der Waals surface area contributed by atoms with E-state index < -0.39 is 0 Å². The lowest BCUT2D eigenvalue weighted by atomic mass is 10.1. The Kier molecular flexibility index (Phi) is 5.73. The number of hydrogen-bond donors (Lipinski definition) is 2. The lowest BCUT2D eigenvalue weighted by Gasteiger charge is -2.32. The standard InChI is InChI=1S/C16H25N3O2/c1-12-4-5-13(2)15(8-12)18-16(20)11-19-6-7-21-14(10-19)9-17-3/h4-5,8,14,17H,6-7,9-11H2,1-3H3,(H,18,20). The second kappa shape index (κ2) is 7.54. The van der Waals surface area contributed by atoms with Crippen LogP contribution in [0.25, 0.3) is 0 Å². The number of amides is 1. The molecule has 1 atom stereocenters. The van der Waals surface area contributed by atoms with Gasteiger partial charge >= 0.3 is 0 Å². The number of nitrogens with one attached hydrogen (secondary N) is 2. The van der Waals surface area contributed by atoms with E-state index in [-0.39, 0.29) is 12.0 Å². The van der Waals surface area contributed by atoms with Crippen LogP contribution in [0.15, 0.2) is 18.2 Å². The van der Waals surface area contributed by atoms with Gasteiger partial charge in [0, 0.05) is 25.3 Å². The number of hydrogen-bond acceptors (Lipinski definition) is 4. The van der Waals surface area contributed by atoms with Crippen molar-refractivity contribution in [2.24, 2.45) is 0 Å². The van der Waals surface area contributed by atoms with Gasteiger partial charge in [0.1, 0.15) is 0 Å². The van der Waals surface area contributed by atoms with Crippen LogP contribution in [0.5, 0.6) is 0 Å². The van der Waals surface area contributed by atoms with Crippen molar-refractivity contribution in [3.05, 3.63) is 29.3 Å². The van der Waals surface area contributed by atoms with Gasteiger partial charge in [-0.15, -0.1) is 0 Å². The molecule has 2 rings (SSSR count). The smallest absolute Gasteiger partial charge is 0.238 e. The Morgan fingerprint density at radius 1 is 1.43 bits per heavy atom. The minimum atomic E-state index is 0.0359.